The largest absolute Gasteiger partial charge is 0.376 e. The predicted molar refractivity (Wildman–Crippen MR) is 72.0 cm³/mol. The van der Waals surface area contributed by atoms with Crippen LogP contribution in [0.2, 0.25) is 0 Å². The van der Waals surface area contributed by atoms with Crippen molar-refractivity contribution in [1.82, 2.24) is 5.32 Å². The van der Waals surface area contributed by atoms with E-state index < -0.39 is 0 Å². The van der Waals surface area contributed by atoms with E-state index in [4.69, 9.17) is 4.74 Å². The predicted octanol–water partition coefficient (Wildman–Crippen LogP) is 2.27. The molecule has 1 heterocycles. The SMILES string of the molecule is O=C(NC1CCOC1C1CC1)c1cccc(S)c1. The molecule has 3 nitrogen and oxygen atoms in total. The Morgan fingerprint density at radius 1 is 1.33 bits per heavy atom. The topological polar surface area (TPSA) is 38.3 Å². The van der Waals surface area contributed by atoms with Gasteiger partial charge in [-0.1, -0.05) is 6.07 Å². The van der Waals surface area contributed by atoms with Crippen LogP contribution in [0.15, 0.2) is 29.2 Å². The number of amides is 1. The Morgan fingerprint density at radius 2 is 2.17 bits per heavy atom. The lowest BCUT2D eigenvalue weighted by Crippen LogP contribution is -2.41. The molecule has 1 aromatic rings. The lowest BCUT2D eigenvalue weighted by Gasteiger charge is -2.19. The van der Waals surface area contributed by atoms with Crippen molar-refractivity contribution in [2.45, 2.75) is 36.3 Å². The van der Waals surface area contributed by atoms with Gasteiger partial charge in [0.1, 0.15) is 0 Å². The van der Waals surface area contributed by atoms with Crippen LogP contribution in [0.3, 0.4) is 0 Å². The van der Waals surface area contributed by atoms with Gasteiger partial charge in [0, 0.05) is 17.1 Å². The van der Waals surface area contributed by atoms with Crippen molar-refractivity contribution in [2.24, 2.45) is 5.92 Å². The second kappa shape index (κ2) is 4.94. The van der Waals surface area contributed by atoms with Gasteiger partial charge in [0.05, 0.1) is 12.1 Å². The molecule has 2 unspecified atom stereocenters. The summed E-state index contributed by atoms with van der Waals surface area (Å²) in [6.07, 6.45) is 3.63. The van der Waals surface area contributed by atoms with Crippen molar-refractivity contribution < 1.29 is 9.53 Å². The van der Waals surface area contributed by atoms with Crippen LogP contribution < -0.4 is 5.32 Å². The molecule has 96 valence electrons. The standard InChI is InChI=1S/C14H17NO2S/c16-14(10-2-1-3-11(18)8-10)15-12-6-7-17-13(12)9-4-5-9/h1-3,8-9,12-13,18H,4-7H2,(H,15,16). The zero-order chi connectivity index (χ0) is 12.5. The highest BCUT2D eigenvalue weighted by Crippen LogP contribution is 2.38. The quantitative estimate of drug-likeness (QED) is 0.821. The van der Waals surface area contributed by atoms with Gasteiger partial charge in [-0.3, -0.25) is 4.79 Å². The van der Waals surface area contributed by atoms with E-state index in [2.05, 4.69) is 17.9 Å². The number of hydrogen-bond acceptors (Lipinski definition) is 3. The Hall–Kier alpha value is -1.00. The molecule has 2 fully saturated rings. The number of nitrogens with one attached hydrogen (secondary N) is 1. The molecule has 1 N–H and O–H groups in total. The fourth-order valence-electron chi connectivity index (χ4n) is 2.55. The van der Waals surface area contributed by atoms with Crippen LogP contribution in [-0.2, 0) is 4.74 Å². The number of ether oxygens (including phenoxy) is 1. The molecular formula is C14H17NO2S. The van der Waals surface area contributed by atoms with E-state index in [9.17, 15) is 4.79 Å². The summed E-state index contributed by atoms with van der Waals surface area (Å²) in [5, 5.41) is 3.10. The highest BCUT2D eigenvalue weighted by atomic mass is 32.1. The second-order valence-electron chi connectivity index (χ2n) is 5.09. The van der Waals surface area contributed by atoms with Crippen LogP contribution in [0.1, 0.15) is 29.6 Å². The van der Waals surface area contributed by atoms with Crippen molar-refractivity contribution >= 4 is 18.5 Å². The summed E-state index contributed by atoms with van der Waals surface area (Å²) in [6.45, 7) is 0.763. The van der Waals surface area contributed by atoms with E-state index in [1.165, 1.54) is 12.8 Å². The lowest BCUT2D eigenvalue weighted by molar-refractivity contribution is 0.0729. The first-order valence-electron chi connectivity index (χ1n) is 6.45. The molecule has 2 atom stereocenters. The molecule has 1 aromatic carbocycles. The highest BCUT2D eigenvalue weighted by Gasteiger charge is 2.41. The molecular weight excluding hydrogens is 246 g/mol. The zero-order valence-corrected chi connectivity index (χ0v) is 11.0. The van der Waals surface area contributed by atoms with Crippen molar-refractivity contribution in [2.75, 3.05) is 6.61 Å². The average molecular weight is 263 g/mol. The Morgan fingerprint density at radius 3 is 2.89 bits per heavy atom. The third kappa shape index (κ3) is 2.54. The third-order valence-electron chi connectivity index (χ3n) is 3.65. The van der Waals surface area contributed by atoms with Crippen LogP contribution in [0.4, 0.5) is 0 Å². The fraction of sp³-hybridized carbons (Fsp3) is 0.500. The highest BCUT2D eigenvalue weighted by molar-refractivity contribution is 7.80. The van der Waals surface area contributed by atoms with E-state index in [1.54, 1.807) is 6.07 Å². The van der Waals surface area contributed by atoms with Crippen LogP contribution in [-0.4, -0.2) is 24.7 Å². The van der Waals surface area contributed by atoms with Gasteiger partial charge in [0.2, 0.25) is 0 Å². The summed E-state index contributed by atoms with van der Waals surface area (Å²) in [4.78, 5) is 13.0. The molecule has 4 heteroatoms. The molecule has 0 radical (unpaired) electrons. The van der Waals surface area contributed by atoms with Gasteiger partial charge in [0.15, 0.2) is 0 Å². The normalized spacial score (nSPS) is 27.2. The Bertz CT molecular complexity index is 459. The van der Waals surface area contributed by atoms with Gasteiger partial charge in [0.25, 0.3) is 5.91 Å². The van der Waals surface area contributed by atoms with E-state index in [1.807, 2.05) is 18.2 Å². The van der Waals surface area contributed by atoms with Gasteiger partial charge in [-0.25, -0.2) is 0 Å². The van der Waals surface area contributed by atoms with E-state index in [-0.39, 0.29) is 18.1 Å². The lowest BCUT2D eigenvalue weighted by atomic mass is 10.1. The number of carbonyl (C=O) groups excluding carboxylic acids is 1. The minimum Gasteiger partial charge on any atom is -0.376 e. The Kier molecular flexibility index (Phi) is 3.31. The van der Waals surface area contributed by atoms with Gasteiger partial charge < -0.3 is 10.1 Å². The molecule has 1 saturated carbocycles. The van der Waals surface area contributed by atoms with Crippen molar-refractivity contribution in [3.8, 4) is 0 Å². The molecule has 0 bridgehead atoms. The Balaban J connectivity index is 1.66. The maximum atomic E-state index is 12.1. The monoisotopic (exact) mass is 263 g/mol. The summed E-state index contributed by atoms with van der Waals surface area (Å²) < 4.78 is 5.72. The minimum atomic E-state index is -0.0212. The van der Waals surface area contributed by atoms with Crippen molar-refractivity contribution in [3.63, 3.8) is 0 Å². The first kappa shape index (κ1) is 12.1. The van der Waals surface area contributed by atoms with Crippen LogP contribution >= 0.6 is 12.6 Å². The number of carbonyl (C=O) groups is 1. The number of rotatable bonds is 3. The molecule has 1 amide bonds. The van der Waals surface area contributed by atoms with Gasteiger partial charge in [-0.05, 0) is 43.4 Å². The average Bonchev–Trinajstić information content (AvgIpc) is 3.10. The number of thiol groups is 1. The van der Waals surface area contributed by atoms with Gasteiger partial charge in [-0.15, -0.1) is 12.6 Å². The smallest absolute Gasteiger partial charge is 0.251 e. The molecule has 1 saturated heterocycles. The van der Waals surface area contributed by atoms with Crippen LogP contribution in [0.5, 0.6) is 0 Å². The molecule has 0 aromatic heterocycles. The third-order valence-corrected chi connectivity index (χ3v) is 3.93. The fourth-order valence-corrected chi connectivity index (χ4v) is 2.78. The molecule has 3 rings (SSSR count). The van der Waals surface area contributed by atoms with Crippen LogP contribution in [0.25, 0.3) is 0 Å². The van der Waals surface area contributed by atoms with Crippen molar-refractivity contribution in [3.05, 3.63) is 29.8 Å². The molecule has 18 heavy (non-hydrogen) atoms. The first-order valence-corrected chi connectivity index (χ1v) is 6.90. The van der Waals surface area contributed by atoms with E-state index in [0.29, 0.717) is 11.5 Å². The molecule has 1 aliphatic heterocycles. The molecule has 1 aliphatic carbocycles. The van der Waals surface area contributed by atoms with E-state index in [0.717, 1.165) is 17.9 Å². The van der Waals surface area contributed by atoms with Gasteiger partial charge >= 0.3 is 0 Å². The Labute approximate surface area is 112 Å². The van der Waals surface area contributed by atoms with E-state index >= 15 is 0 Å². The summed E-state index contributed by atoms with van der Waals surface area (Å²) >= 11 is 4.25. The number of hydrogen-bond donors (Lipinski definition) is 2. The maximum absolute atomic E-state index is 12.1. The summed E-state index contributed by atoms with van der Waals surface area (Å²) in [5.41, 5.74) is 0.670. The maximum Gasteiger partial charge on any atom is 0.251 e. The van der Waals surface area contributed by atoms with Crippen LogP contribution in [0, 0.1) is 5.92 Å². The zero-order valence-electron chi connectivity index (χ0n) is 10.1. The van der Waals surface area contributed by atoms with Crippen molar-refractivity contribution in [1.29, 1.82) is 0 Å². The second-order valence-corrected chi connectivity index (χ2v) is 5.61. The number of benzene rings is 1. The molecule has 2 aliphatic rings. The summed E-state index contributed by atoms with van der Waals surface area (Å²) in [7, 11) is 0. The first-order chi connectivity index (χ1) is 8.74. The van der Waals surface area contributed by atoms with Gasteiger partial charge in [-0.2, -0.15) is 0 Å². The molecule has 0 spiro atoms. The summed E-state index contributed by atoms with van der Waals surface area (Å²) in [6, 6.07) is 7.50. The summed E-state index contributed by atoms with van der Waals surface area (Å²) in [5.74, 6) is 0.640. The minimum absolute atomic E-state index is 0.0212.